The second kappa shape index (κ2) is 6.11. The fraction of sp³-hybridized carbons (Fsp3) is 0.533. The van der Waals surface area contributed by atoms with Gasteiger partial charge in [-0.05, 0) is 39.3 Å². The van der Waals surface area contributed by atoms with E-state index < -0.39 is 11.7 Å². The fourth-order valence-corrected chi connectivity index (χ4v) is 2.21. The van der Waals surface area contributed by atoms with Crippen molar-refractivity contribution in [3.05, 3.63) is 30.1 Å². The maximum atomic E-state index is 12.2. The Kier molecular flexibility index (Phi) is 4.45. The number of likely N-dealkylation sites (tertiary alicyclic amines) is 1. The molecule has 1 saturated heterocycles. The van der Waals surface area contributed by atoms with Crippen molar-refractivity contribution in [3.8, 4) is 0 Å². The van der Waals surface area contributed by atoms with Crippen LogP contribution in [0.1, 0.15) is 37.6 Å². The first-order valence-electron chi connectivity index (χ1n) is 7.04. The first-order valence-corrected chi connectivity index (χ1v) is 7.04. The number of hydrogen-bond donors (Lipinski definition) is 1. The number of ether oxygens (including phenoxy) is 1. The lowest BCUT2D eigenvalue weighted by Crippen LogP contribution is -2.41. The zero-order chi connectivity index (χ0) is 15.5. The van der Waals surface area contributed by atoms with Gasteiger partial charge in [-0.1, -0.05) is 0 Å². The largest absolute Gasteiger partial charge is 0.444 e. The summed E-state index contributed by atoms with van der Waals surface area (Å²) in [6.45, 7) is 6.57. The van der Waals surface area contributed by atoms with E-state index in [0.717, 1.165) is 6.42 Å². The van der Waals surface area contributed by atoms with Crippen molar-refractivity contribution in [1.82, 2.24) is 15.2 Å². The lowest BCUT2D eigenvalue weighted by molar-refractivity contribution is 0.0502. The molecule has 1 aromatic rings. The quantitative estimate of drug-likeness (QED) is 0.902. The highest BCUT2D eigenvalue weighted by atomic mass is 16.6. The number of pyridine rings is 1. The molecule has 0 aromatic carbocycles. The molecule has 114 valence electrons. The van der Waals surface area contributed by atoms with E-state index in [2.05, 4.69) is 10.3 Å². The highest BCUT2D eigenvalue weighted by molar-refractivity contribution is 5.94. The Hall–Kier alpha value is -2.11. The topological polar surface area (TPSA) is 71.5 Å². The second-order valence-electron chi connectivity index (χ2n) is 6.12. The van der Waals surface area contributed by atoms with Crippen LogP contribution in [0.4, 0.5) is 4.79 Å². The first-order chi connectivity index (χ1) is 9.85. The standard InChI is InChI=1S/C15H21N3O3/c1-15(2,3)21-14(20)17-12-6-8-18(10-12)13(19)11-5-4-7-16-9-11/h4-5,7,9,12H,6,8,10H2,1-3H3,(H,17,20)/t12-/m0/s1. The molecule has 6 heteroatoms. The van der Waals surface area contributed by atoms with Crippen LogP contribution < -0.4 is 5.32 Å². The number of hydrogen-bond acceptors (Lipinski definition) is 4. The van der Waals surface area contributed by atoms with Gasteiger partial charge in [0.1, 0.15) is 5.60 Å². The average Bonchev–Trinajstić information content (AvgIpc) is 2.85. The summed E-state index contributed by atoms with van der Waals surface area (Å²) in [5.74, 6) is -0.0587. The van der Waals surface area contributed by atoms with Crippen molar-refractivity contribution in [3.63, 3.8) is 0 Å². The zero-order valence-electron chi connectivity index (χ0n) is 12.6. The van der Waals surface area contributed by atoms with E-state index in [9.17, 15) is 9.59 Å². The van der Waals surface area contributed by atoms with E-state index in [0.29, 0.717) is 18.7 Å². The average molecular weight is 291 g/mol. The van der Waals surface area contributed by atoms with Gasteiger partial charge in [0, 0.05) is 25.5 Å². The number of alkyl carbamates (subject to hydrolysis) is 1. The Morgan fingerprint density at radius 2 is 2.19 bits per heavy atom. The predicted octanol–water partition coefficient (Wildman–Crippen LogP) is 1.82. The van der Waals surface area contributed by atoms with Crippen LogP contribution in [0.3, 0.4) is 0 Å². The van der Waals surface area contributed by atoms with Gasteiger partial charge in [0.2, 0.25) is 0 Å². The number of amides is 2. The summed E-state index contributed by atoms with van der Waals surface area (Å²) in [6, 6.07) is 3.41. The normalized spacial score (nSPS) is 18.4. The van der Waals surface area contributed by atoms with Crippen molar-refractivity contribution in [2.24, 2.45) is 0 Å². The van der Waals surface area contributed by atoms with Crippen molar-refractivity contribution < 1.29 is 14.3 Å². The van der Waals surface area contributed by atoms with Gasteiger partial charge in [0.25, 0.3) is 5.91 Å². The van der Waals surface area contributed by atoms with Crippen LogP contribution in [-0.4, -0.2) is 46.6 Å². The molecule has 0 spiro atoms. The summed E-state index contributed by atoms with van der Waals surface area (Å²) in [7, 11) is 0. The van der Waals surface area contributed by atoms with E-state index in [1.165, 1.54) is 0 Å². The zero-order valence-corrected chi connectivity index (χ0v) is 12.6. The van der Waals surface area contributed by atoms with Gasteiger partial charge in [0.15, 0.2) is 0 Å². The second-order valence-corrected chi connectivity index (χ2v) is 6.12. The monoisotopic (exact) mass is 291 g/mol. The van der Waals surface area contributed by atoms with Gasteiger partial charge in [-0.2, -0.15) is 0 Å². The predicted molar refractivity (Wildman–Crippen MR) is 77.9 cm³/mol. The van der Waals surface area contributed by atoms with Gasteiger partial charge >= 0.3 is 6.09 Å². The van der Waals surface area contributed by atoms with Gasteiger partial charge < -0.3 is 15.0 Å². The number of nitrogens with zero attached hydrogens (tertiary/aromatic N) is 2. The Bertz CT molecular complexity index is 511. The summed E-state index contributed by atoms with van der Waals surface area (Å²) in [5, 5.41) is 2.80. The molecular formula is C15H21N3O3. The molecule has 1 aromatic heterocycles. The maximum Gasteiger partial charge on any atom is 0.407 e. The van der Waals surface area contributed by atoms with Gasteiger partial charge in [0.05, 0.1) is 11.6 Å². The molecule has 1 aliphatic heterocycles. The Labute approximate surface area is 124 Å². The van der Waals surface area contributed by atoms with Crippen LogP contribution >= 0.6 is 0 Å². The third-order valence-corrected chi connectivity index (χ3v) is 3.10. The third-order valence-electron chi connectivity index (χ3n) is 3.10. The Morgan fingerprint density at radius 3 is 2.81 bits per heavy atom. The summed E-state index contributed by atoms with van der Waals surface area (Å²) in [5.41, 5.74) is 0.0453. The van der Waals surface area contributed by atoms with Crippen molar-refractivity contribution in [1.29, 1.82) is 0 Å². The highest BCUT2D eigenvalue weighted by Crippen LogP contribution is 2.14. The molecule has 0 radical (unpaired) electrons. The minimum absolute atomic E-state index is 0.0587. The SMILES string of the molecule is CC(C)(C)OC(=O)N[C@H]1CCN(C(=O)c2cccnc2)C1. The maximum absolute atomic E-state index is 12.2. The van der Waals surface area contributed by atoms with E-state index in [1.807, 2.05) is 20.8 Å². The number of carbonyl (C=O) groups excluding carboxylic acids is 2. The molecule has 2 rings (SSSR count). The molecule has 1 aliphatic rings. The van der Waals surface area contributed by atoms with E-state index >= 15 is 0 Å². The van der Waals surface area contributed by atoms with Crippen molar-refractivity contribution in [2.75, 3.05) is 13.1 Å². The molecule has 0 aliphatic carbocycles. The molecule has 21 heavy (non-hydrogen) atoms. The molecular weight excluding hydrogens is 270 g/mol. The van der Waals surface area contributed by atoms with Crippen LogP contribution in [0, 0.1) is 0 Å². The molecule has 2 heterocycles. The Morgan fingerprint density at radius 1 is 1.43 bits per heavy atom. The minimum Gasteiger partial charge on any atom is -0.444 e. The molecule has 6 nitrogen and oxygen atoms in total. The van der Waals surface area contributed by atoms with Crippen LogP contribution in [0.5, 0.6) is 0 Å². The molecule has 0 saturated carbocycles. The summed E-state index contributed by atoms with van der Waals surface area (Å²) in [6.07, 6.45) is 3.47. The third kappa shape index (κ3) is 4.44. The van der Waals surface area contributed by atoms with Gasteiger partial charge in [-0.3, -0.25) is 9.78 Å². The summed E-state index contributed by atoms with van der Waals surface area (Å²) < 4.78 is 5.22. The molecule has 1 fully saturated rings. The van der Waals surface area contributed by atoms with Gasteiger partial charge in [-0.15, -0.1) is 0 Å². The number of rotatable bonds is 2. The lowest BCUT2D eigenvalue weighted by atomic mass is 10.2. The number of aromatic nitrogens is 1. The molecule has 2 amide bonds. The highest BCUT2D eigenvalue weighted by Gasteiger charge is 2.29. The number of carbonyl (C=O) groups is 2. The van der Waals surface area contributed by atoms with Crippen molar-refractivity contribution >= 4 is 12.0 Å². The smallest absolute Gasteiger partial charge is 0.407 e. The molecule has 1 atom stereocenters. The fourth-order valence-electron chi connectivity index (χ4n) is 2.21. The summed E-state index contributed by atoms with van der Waals surface area (Å²) >= 11 is 0. The lowest BCUT2D eigenvalue weighted by Gasteiger charge is -2.22. The van der Waals surface area contributed by atoms with E-state index in [-0.39, 0.29) is 11.9 Å². The number of nitrogens with one attached hydrogen (secondary N) is 1. The Balaban J connectivity index is 1.86. The minimum atomic E-state index is -0.520. The van der Waals surface area contributed by atoms with Crippen LogP contribution in [0.15, 0.2) is 24.5 Å². The molecule has 0 bridgehead atoms. The first kappa shape index (κ1) is 15.3. The van der Waals surface area contributed by atoms with Crippen LogP contribution in [0.2, 0.25) is 0 Å². The molecule has 1 N–H and O–H groups in total. The van der Waals surface area contributed by atoms with Gasteiger partial charge in [-0.25, -0.2) is 4.79 Å². The molecule has 0 unspecified atom stereocenters. The summed E-state index contributed by atoms with van der Waals surface area (Å²) in [4.78, 5) is 29.6. The van der Waals surface area contributed by atoms with E-state index in [1.54, 1.807) is 29.4 Å². The van der Waals surface area contributed by atoms with Crippen molar-refractivity contribution in [2.45, 2.75) is 38.8 Å². The van der Waals surface area contributed by atoms with Crippen LogP contribution in [-0.2, 0) is 4.74 Å². The van der Waals surface area contributed by atoms with Crippen LogP contribution in [0.25, 0.3) is 0 Å². The van der Waals surface area contributed by atoms with E-state index in [4.69, 9.17) is 4.74 Å².